The Morgan fingerprint density at radius 2 is 1.05 bits per heavy atom. The maximum Gasteiger partial charge on any atom is 0.317 e. The van der Waals surface area contributed by atoms with E-state index >= 15 is 0 Å². The van der Waals surface area contributed by atoms with Gasteiger partial charge in [0.2, 0.25) is 11.8 Å². The van der Waals surface area contributed by atoms with E-state index in [9.17, 15) is 50.1 Å². The maximum absolute atomic E-state index is 12.6. The molecule has 0 rings (SSSR count). The standard InChI is InChI=1S/C24H49N5O10/c1-5-28(20(23(38)25-3)7-18(34)14-32)16(12-30)9-27(11-22(36)37)10-17(13-31)29(6-2)21(24(39)26-4)8-19(35)15-33/h16-21,30-35H,5-15H2,1-4H3,(H,25,38)(H,26,39)(H,36,37). The van der Waals surface area contributed by atoms with E-state index in [-0.39, 0.29) is 39.0 Å². The van der Waals surface area contributed by atoms with Crippen LogP contribution < -0.4 is 10.6 Å². The first-order chi connectivity index (χ1) is 18.5. The van der Waals surface area contributed by atoms with Gasteiger partial charge in [0.05, 0.1) is 57.3 Å². The van der Waals surface area contributed by atoms with Crippen LogP contribution in [0.5, 0.6) is 0 Å². The molecule has 0 spiro atoms. The summed E-state index contributed by atoms with van der Waals surface area (Å²) in [4.78, 5) is 41.7. The third kappa shape index (κ3) is 12.4. The van der Waals surface area contributed by atoms with Crippen molar-refractivity contribution in [1.82, 2.24) is 25.3 Å². The highest BCUT2D eigenvalue weighted by Gasteiger charge is 2.35. The van der Waals surface area contributed by atoms with Crippen LogP contribution in [-0.2, 0) is 14.4 Å². The van der Waals surface area contributed by atoms with Crippen LogP contribution >= 0.6 is 0 Å². The predicted molar refractivity (Wildman–Crippen MR) is 142 cm³/mol. The molecule has 2 amide bonds. The minimum absolute atomic E-state index is 0.0443. The topological polar surface area (TPSA) is 227 Å². The van der Waals surface area contributed by atoms with Gasteiger partial charge in [0.15, 0.2) is 0 Å². The van der Waals surface area contributed by atoms with Crippen LogP contribution in [0.1, 0.15) is 26.7 Å². The Balaban J connectivity index is 6.16. The Kier molecular flexibility index (Phi) is 19.0. The van der Waals surface area contributed by atoms with Crippen LogP contribution in [0.15, 0.2) is 0 Å². The Morgan fingerprint density at radius 1 is 0.692 bits per heavy atom. The van der Waals surface area contributed by atoms with Crippen molar-refractivity contribution in [3.8, 4) is 0 Å². The van der Waals surface area contributed by atoms with Crippen molar-refractivity contribution < 1.29 is 50.1 Å². The Labute approximate surface area is 230 Å². The molecule has 0 saturated heterocycles. The smallest absolute Gasteiger partial charge is 0.317 e. The van der Waals surface area contributed by atoms with E-state index < -0.39 is 87.1 Å². The van der Waals surface area contributed by atoms with Gasteiger partial charge in [-0.1, -0.05) is 13.8 Å². The monoisotopic (exact) mass is 567 g/mol. The molecule has 0 bridgehead atoms. The molecule has 9 N–H and O–H groups in total. The van der Waals surface area contributed by atoms with Crippen LogP contribution in [0.4, 0.5) is 0 Å². The second-order valence-corrected chi connectivity index (χ2v) is 9.33. The number of hydrogen-bond acceptors (Lipinski definition) is 12. The number of aliphatic carboxylic acids is 1. The van der Waals surface area contributed by atoms with Crippen LogP contribution in [-0.4, -0.2) is 178 Å². The first-order valence-corrected chi connectivity index (χ1v) is 13.2. The second kappa shape index (κ2) is 20.0. The van der Waals surface area contributed by atoms with Crippen LogP contribution in [0.3, 0.4) is 0 Å². The number of carbonyl (C=O) groups excluding carboxylic acids is 2. The van der Waals surface area contributed by atoms with Gasteiger partial charge < -0.3 is 46.4 Å². The van der Waals surface area contributed by atoms with Gasteiger partial charge in [0, 0.05) is 52.1 Å². The Hall–Kier alpha value is -1.95. The molecule has 6 atom stereocenters. The highest BCUT2D eigenvalue weighted by molar-refractivity contribution is 5.82. The number of aliphatic hydroxyl groups excluding tert-OH is 6. The summed E-state index contributed by atoms with van der Waals surface area (Å²) in [5.74, 6) is -2.07. The molecule has 0 aliphatic heterocycles. The number of carbonyl (C=O) groups is 3. The van der Waals surface area contributed by atoms with E-state index in [4.69, 9.17) is 0 Å². The van der Waals surface area contributed by atoms with Gasteiger partial charge in [-0.05, 0) is 13.1 Å². The zero-order valence-corrected chi connectivity index (χ0v) is 23.4. The zero-order chi connectivity index (χ0) is 30.1. The molecule has 0 aliphatic carbocycles. The highest BCUT2D eigenvalue weighted by Crippen LogP contribution is 2.17. The first-order valence-electron chi connectivity index (χ1n) is 13.2. The van der Waals surface area contributed by atoms with Crippen molar-refractivity contribution in [3.63, 3.8) is 0 Å². The van der Waals surface area contributed by atoms with Crippen molar-refractivity contribution >= 4 is 17.8 Å². The number of nitrogens with zero attached hydrogens (tertiary/aromatic N) is 3. The SMILES string of the molecule is CCN(C(CO)CN(CC(=O)O)CC(CO)N(CC)C(CC(O)CO)C(=O)NC)C(CC(O)CO)C(=O)NC. The van der Waals surface area contributed by atoms with E-state index in [2.05, 4.69) is 10.6 Å². The molecule has 6 unspecified atom stereocenters. The van der Waals surface area contributed by atoms with Crippen LogP contribution in [0, 0.1) is 0 Å². The summed E-state index contributed by atoms with van der Waals surface area (Å²) in [6, 6.07) is -3.38. The van der Waals surface area contributed by atoms with Gasteiger partial charge in [-0.3, -0.25) is 29.1 Å². The molecule has 230 valence electrons. The molecule has 0 radical (unpaired) electrons. The zero-order valence-electron chi connectivity index (χ0n) is 23.4. The lowest BCUT2D eigenvalue weighted by Crippen LogP contribution is -2.59. The molecule has 0 aliphatic rings. The summed E-state index contributed by atoms with van der Waals surface area (Å²) in [7, 11) is 2.84. The number of carboxylic acids is 1. The number of rotatable bonds is 22. The lowest BCUT2D eigenvalue weighted by atomic mass is 10.0. The van der Waals surface area contributed by atoms with Gasteiger partial charge in [0.1, 0.15) is 0 Å². The van der Waals surface area contributed by atoms with Gasteiger partial charge in [0.25, 0.3) is 0 Å². The van der Waals surface area contributed by atoms with E-state index in [0.717, 1.165) is 0 Å². The lowest BCUT2D eigenvalue weighted by molar-refractivity contribution is -0.140. The van der Waals surface area contributed by atoms with E-state index in [0.29, 0.717) is 0 Å². The largest absolute Gasteiger partial charge is 0.480 e. The maximum atomic E-state index is 12.6. The van der Waals surface area contributed by atoms with E-state index in [1.165, 1.54) is 19.0 Å². The summed E-state index contributed by atoms with van der Waals surface area (Å²) in [5, 5.41) is 73.7. The summed E-state index contributed by atoms with van der Waals surface area (Å²) in [6.07, 6.45) is -2.63. The van der Waals surface area contributed by atoms with Gasteiger partial charge in [-0.2, -0.15) is 0 Å². The summed E-state index contributed by atoms with van der Waals surface area (Å²) in [6.45, 7) is 1.36. The third-order valence-corrected chi connectivity index (χ3v) is 6.70. The molecule has 0 aromatic carbocycles. The van der Waals surface area contributed by atoms with E-state index in [1.807, 2.05) is 0 Å². The van der Waals surface area contributed by atoms with E-state index in [1.54, 1.807) is 23.6 Å². The number of amides is 2. The van der Waals surface area contributed by atoms with Gasteiger partial charge >= 0.3 is 5.97 Å². The number of hydrogen-bond donors (Lipinski definition) is 9. The minimum Gasteiger partial charge on any atom is -0.480 e. The molecular weight excluding hydrogens is 518 g/mol. The third-order valence-electron chi connectivity index (χ3n) is 6.70. The van der Waals surface area contributed by atoms with Crippen LogP contribution in [0.25, 0.3) is 0 Å². The van der Waals surface area contributed by atoms with Crippen molar-refractivity contribution in [2.24, 2.45) is 0 Å². The van der Waals surface area contributed by atoms with Crippen molar-refractivity contribution in [1.29, 1.82) is 0 Å². The summed E-state index contributed by atoms with van der Waals surface area (Å²) in [5.41, 5.74) is 0. The molecule has 0 heterocycles. The molecule has 15 nitrogen and oxygen atoms in total. The Morgan fingerprint density at radius 3 is 1.28 bits per heavy atom. The molecule has 0 aromatic heterocycles. The lowest BCUT2D eigenvalue weighted by Gasteiger charge is -2.41. The average Bonchev–Trinajstić information content (AvgIpc) is 2.93. The van der Waals surface area contributed by atoms with Crippen LogP contribution in [0.2, 0.25) is 0 Å². The number of aliphatic hydroxyl groups is 6. The normalized spacial score (nSPS) is 16.5. The second-order valence-electron chi connectivity index (χ2n) is 9.33. The van der Waals surface area contributed by atoms with Gasteiger partial charge in [-0.15, -0.1) is 0 Å². The Bertz CT molecular complexity index is 669. The molecule has 0 saturated carbocycles. The molecule has 15 heteroatoms. The molecule has 0 aromatic rings. The van der Waals surface area contributed by atoms with Crippen molar-refractivity contribution in [2.45, 2.75) is 63.1 Å². The first kappa shape index (κ1) is 37.0. The number of likely N-dealkylation sites (N-methyl/N-ethyl adjacent to an activating group) is 4. The fraction of sp³-hybridized carbons (Fsp3) is 0.875. The summed E-state index contributed by atoms with van der Waals surface area (Å²) >= 11 is 0. The summed E-state index contributed by atoms with van der Waals surface area (Å²) < 4.78 is 0. The number of nitrogens with one attached hydrogen (secondary N) is 2. The van der Waals surface area contributed by atoms with Crippen molar-refractivity contribution in [3.05, 3.63) is 0 Å². The molecular formula is C24H49N5O10. The minimum atomic E-state index is -1.19. The fourth-order valence-corrected chi connectivity index (χ4v) is 4.78. The fourth-order valence-electron chi connectivity index (χ4n) is 4.78. The average molecular weight is 568 g/mol. The predicted octanol–water partition coefficient (Wildman–Crippen LogP) is -4.55. The molecule has 0 fully saturated rings. The molecule has 39 heavy (non-hydrogen) atoms. The highest BCUT2D eigenvalue weighted by atomic mass is 16.4. The number of carboxylic acid groups (broad SMARTS) is 1. The quantitative estimate of drug-likeness (QED) is 0.0601. The van der Waals surface area contributed by atoms with Gasteiger partial charge in [-0.25, -0.2) is 0 Å². The van der Waals surface area contributed by atoms with Crippen molar-refractivity contribution in [2.75, 3.05) is 73.2 Å².